The molecule has 0 aliphatic carbocycles. The van der Waals surface area contributed by atoms with Crippen molar-refractivity contribution < 1.29 is 17.9 Å². The van der Waals surface area contributed by atoms with Crippen molar-refractivity contribution in [1.82, 2.24) is 4.90 Å². The van der Waals surface area contributed by atoms with Crippen LogP contribution >= 0.6 is 15.9 Å². The summed E-state index contributed by atoms with van der Waals surface area (Å²) in [6.45, 7) is 1.37. The Hall–Kier alpha value is -1.57. The topological polar surface area (TPSA) is 55.8 Å². The zero-order chi connectivity index (χ0) is 19.4. The molecule has 2 aromatic carbocycles. The van der Waals surface area contributed by atoms with Crippen LogP contribution in [0, 0.1) is 0 Å². The van der Waals surface area contributed by atoms with Gasteiger partial charge in [0.05, 0.1) is 24.9 Å². The highest BCUT2D eigenvalue weighted by Gasteiger charge is 2.30. The summed E-state index contributed by atoms with van der Waals surface area (Å²) in [7, 11) is -0.0201. The lowest BCUT2D eigenvalue weighted by Crippen LogP contribution is -2.29. The van der Waals surface area contributed by atoms with Gasteiger partial charge in [0.15, 0.2) is 9.84 Å². The van der Waals surface area contributed by atoms with Crippen LogP contribution in [-0.2, 0) is 9.84 Å². The molecule has 0 bridgehead atoms. The Balaban J connectivity index is 1.76. The molecule has 0 N–H and O–H groups in total. The van der Waals surface area contributed by atoms with Gasteiger partial charge in [0.2, 0.25) is 0 Å². The molecule has 0 aromatic heterocycles. The van der Waals surface area contributed by atoms with Gasteiger partial charge in [-0.05, 0) is 61.9 Å². The van der Waals surface area contributed by atoms with E-state index in [1.54, 1.807) is 38.5 Å². The summed E-state index contributed by atoms with van der Waals surface area (Å²) in [6, 6.07) is 12.7. The predicted molar refractivity (Wildman–Crippen MR) is 109 cm³/mol. The lowest BCUT2D eigenvalue weighted by molar-refractivity contribution is 0.264. The fourth-order valence-electron chi connectivity index (χ4n) is 3.54. The molecule has 1 fully saturated rings. The van der Waals surface area contributed by atoms with E-state index in [9.17, 15) is 8.42 Å². The van der Waals surface area contributed by atoms with Crippen LogP contribution in [0.25, 0.3) is 0 Å². The van der Waals surface area contributed by atoms with Crippen LogP contribution in [0.2, 0.25) is 0 Å². The first kappa shape index (κ1) is 20.2. The quantitative estimate of drug-likeness (QED) is 0.631. The van der Waals surface area contributed by atoms with Crippen LogP contribution in [0.4, 0.5) is 0 Å². The van der Waals surface area contributed by atoms with E-state index in [0.29, 0.717) is 11.4 Å². The standard InChI is InChI=1S/C20H24BrNO4S/c1-25-16-7-10-20(26-2)18(14-16)19-4-3-11-22(19)12-13-27(23,24)17-8-5-15(21)6-9-17/h5-10,14,19H,3-4,11-13H2,1-2H3/t19-/m0/s1. The Morgan fingerprint density at radius 1 is 1.11 bits per heavy atom. The summed E-state index contributed by atoms with van der Waals surface area (Å²) < 4.78 is 37.1. The van der Waals surface area contributed by atoms with Crippen molar-refractivity contribution in [3.8, 4) is 11.5 Å². The van der Waals surface area contributed by atoms with Crippen molar-refractivity contribution in [3.63, 3.8) is 0 Å². The number of benzene rings is 2. The number of ether oxygens (including phenoxy) is 2. The van der Waals surface area contributed by atoms with Crippen LogP contribution in [0.3, 0.4) is 0 Å². The minimum atomic E-state index is -3.32. The number of halogens is 1. The van der Waals surface area contributed by atoms with Gasteiger partial charge in [-0.3, -0.25) is 4.90 Å². The second-order valence-corrected chi connectivity index (χ2v) is 9.60. The maximum absolute atomic E-state index is 12.7. The van der Waals surface area contributed by atoms with E-state index >= 15 is 0 Å². The second kappa shape index (κ2) is 8.63. The molecule has 1 atom stereocenters. The molecule has 5 nitrogen and oxygen atoms in total. The summed E-state index contributed by atoms with van der Waals surface area (Å²) in [4.78, 5) is 2.59. The molecular weight excluding hydrogens is 430 g/mol. The molecule has 1 saturated heterocycles. The number of hydrogen-bond acceptors (Lipinski definition) is 5. The minimum Gasteiger partial charge on any atom is -0.497 e. The summed E-state index contributed by atoms with van der Waals surface area (Å²) in [5, 5.41) is 0. The number of hydrogen-bond donors (Lipinski definition) is 0. The van der Waals surface area contributed by atoms with Crippen LogP contribution in [0.15, 0.2) is 51.8 Å². The summed E-state index contributed by atoms with van der Waals surface area (Å²) >= 11 is 3.34. The Morgan fingerprint density at radius 3 is 2.52 bits per heavy atom. The first-order chi connectivity index (χ1) is 12.9. The lowest BCUT2D eigenvalue weighted by atomic mass is 10.0. The van der Waals surface area contributed by atoms with E-state index in [2.05, 4.69) is 20.8 Å². The average molecular weight is 454 g/mol. The molecule has 0 unspecified atom stereocenters. The highest BCUT2D eigenvalue weighted by atomic mass is 79.9. The molecule has 0 radical (unpaired) electrons. The molecule has 1 aliphatic rings. The van der Waals surface area contributed by atoms with Crippen LogP contribution in [0.1, 0.15) is 24.4 Å². The van der Waals surface area contributed by atoms with Crippen LogP contribution in [-0.4, -0.2) is 46.4 Å². The molecule has 27 heavy (non-hydrogen) atoms. The van der Waals surface area contributed by atoms with Crippen molar-refractivity contribution >= 4 is 25.8 Å². The fraction of sp³-hybridized carbons (Fsp3) is 0.400. The third kappa shape index (κ3) is 4.65. The summed E-state index contributed by atoms with van der Waals surface area (Å²) in [5.74, 6) is 1.68. The van der Waals surface area contributed by atoms with Crippen LogP contribution in [0.5, 0.6) is 11.5 Å². The molecule has 3 rings (SSSR count). The molecule has 1 heterocycles. The molecule has 0 amide bonds. The summed E-state index contributed by atoms with van der Waals surface area (Å²) in [5.41, 5.74) is 1.05. The van der Waals surface area contributed by atoms with Gasteiger partial charge >= 0.3 is 0 Å². The molecule has 7 heteroatoms. The highest BCUT2D eigenvalue weighted by molar-refractivity contribution is 9.10. The van der Waals surface area contributed by atoms with Gasteiger partial charge in [-0.2, -0.15) is 0 Å². The van der Waals surface area contributed by atoms with Gasteiger partial charge in [0.1, 0.15) is 11.5 Å². The van der Waals surface area contributed by atoms with E-state index in [1.165, 1.54) is 0 Å². The van der Waals surface area contributed by atoms with Gasteiger partial charge in [-0.1, -0.05) is 15.9 Å². The first-order valence-corrected chi connectivity index (χ1v) is 11.3. The van der Waals surface area contributed by atoms with Gasteiger partial charge in [0.25, 0.3) is 0 Å². The van der Waals surface area contributed by atoms with Crippen molar-refractivity contribution in [2.45, 2.75) is 23.8 Å². The third-order valence-electron chi connectivity index (χ3n) is 4.98. The fourth-order valence-corrected chi connectivity index (χ4v) is 5.07. The SMILES string of the molecule is COc1ccc(OC)c([C@@H]2CCCN2CCS(=O)(=O)c2ccc(Br)cc2)c1. The monoisotopic (exact) mass is 453 g/mol. The smallest absolute Gasteiger partial charge is 0.179 e. The zero-order valence-electron chi connectivity index (χ0n) is 15.5. The normalized spacial score (nSPS) is 17.8. The van der Waals surface area contributed by atoms with E-state index < -0.39 is 9.84 Å². The van der Waals surface area contributed by atoms with E-state index in [0.717, 1.165) is 40.9 Å². The number of methoxy groups -OCH3 is 2. The van der Waals surface area contributed by atoms with Crippen molar-refractivity contribution in [2.75, 3.05) is 33.1 Å². The first-order valence-electron chi connectivity index (χ1n) is 8.89. The van der Waals surface area contributed by atoms with Crippen molar-refractivity contribution in [1.29, 1.82) is 0 Å². The van der Waals surface area contributed by atoms with Gasteiger partial charge in [-0.25, -0.2) is 8.42 Å². The number of sulfone groups is 1. The van der Waals surface area contributed by atoms with Crippen molar-refractivity contribution in [2.24, 2.45) is 0 Å². The second-order valence-electron chi connectivity index (χ2n) is 6.57. The molecule has 146 valence electrons. The Bertz CT molecular complexity index is 883. The Kier molecular flexibility index (Phi) is 6.44. The third-order valence-corrected chi connectivity index (χ3v) is 7.22. The minimum absolute atomic E-state index is 0.0947. The zero-order valence-corrected chi connectivity index (χ0v) is 17.9. The van der Waals surface area contributed by atoms with Gasteiger partial charge in [-0.15, -0.1) is 0 Å². The number of likely N-dealkylation sites (tertiary alicyclic amines) is 1. The lowest BCUT2D eigenvalue weighted by Gasteiger charge is -2.26. The van der Waals surface area contributed by atoms with Gasteiger partial charge < -0.3 is 9.47 Å². The largest absolute Gasteiger partial charge is 0.497 e. The molecule has 2 aromatic rings. The Labute approximate surface area is 169 Å². The van der Waals surface area contributed by atoms with E-state index in [4.69, 9.17) is 9.47 Å². The average Bonchev–Trinajstić information content (AvgIpc) is 3.14. The molecule has 0 spiro atoms. The molecule has 1 aliphatic heterocycles. The number of rotatable bonds is 7. The Morgan fingerprint density at radius 2 is 1.85 bits per heavy atom. The molecule has 0 saturated carbocycles. The predicted octanol–water partition coefficient (Wildman–Crippen LogP) is 4.08. The van der Waals surface area contributed by atoms with Crippen LogP contribution < -0.4 is 9.47 Å². The highest BCUT2D eigenvalue weighted by Crippen LogP contribution is 2.38. The summed E-state index contributed by atoms with van der Waals surface area (Å²) in [6.07, 6.45) is 2.01. The van der Waals surface area contributed by atoms with E-state index in [1.807, 2.05) is 18.2 Å². The van der Waals surface area contributed by atoms with Crippen molar-refractivity contribution in [3.05, 3.63) is 52.5 Å². The number of nitrogens with zero attached hydrogens (tertiary/aromatic N) is 1. The van der Waals surface area contributed by atoms with E-state index in [-0.39, 0.29) is 11.8 Å². The maximum Gasteiger partial charge on any atom is 0.179 e. The van der Waals surface area contributed by atoms with Gasteiger partial charge in [0, 0.05) is 22.6 Å². The molecular formula is C20H24BrNO4S. The maximum atomic E-state index is 12.7.